The van der Waals surface area contributed by atoms with Crippen molar-refractivity contribution >= 4 is 0 Å². The molecular weight excluding hydrogens is 226 g/mol. The van der Waals surface area contributed by atoms with E-state index in [2.05, 4.69) is 5.16 Å². The van der Waals surface area contributed by atoms with E-state index in [4.69, 9.17) is 18.8 Å². The van der Waals surface area contributed by atoms with Crippen molar-refractivity contribution in [2.75, 3.05) is 0 Å². The zero-order valence-corrected chi connectivity index (χ0v) is 9.17. The van der Waals surface area contributed by atoms with Gasteiger partial charge in [0.25, 0.3) is 0 Å². The lowest BCUT2D eigenvalue weighted by molar-refractivity contribution is 0.234. The van der Waals surface area contributed by atoms with Crippen LogP contribution in [0.1, 0.15) is 17.2 Å². The molecular formula is C11H11NO5. The zero-order chi connectivity index (χ0) is 12.3. The molecule has 0 aromatic carbocycles. The third-order valence-corrected chi connectivity index (χ3v) is 2.06. The molecule has 2 heterocycles. The lowest BCUT2D eigenvalue weighted by Gasteiger charge is -2.02. The highest BCUT2D eigenvalue weighted by Crippen LogP contribution is 2.09. The third-order valence-electron chi connectivity index (χ3n) is 2.06. The van der Waals surface area contributed by atoms with Crippen molar-refractivity contribution in [1.82, 2.24) is 5.16 Å². The van der Waals surface area contributed by atoms with Gasteiger partial charge in [-0.1, -0.05) is 5.16 Å². The average Bonchev–Trinajstić information content (AvgIpc) is 2.73. The molecule has 0 atom stereocenters. The SMILES string of the molecule is Cc1cc(COc2coc(CO)cc2=O)no1. The molecule has 0 saturated heterocycles. The molecule has 6 heteroatoms. The number of hydrogen-bond donors (Lipinski definition) is 1. The normalized spacial score (nSPS) is 10.5. The molecule has 2 rings (SSSR count). The van der Waals surface area contributed by atoms with Crippen LogP contribution in [0.3, 0.4) is 0 Å². The maximum Gasteiger partial charge on any atom is 0.227 e. The lowest BCUT2D eigenvalue weighted by Crippen LogP contribution is -2.08. The molecule has 2 aromatic heterocycles. The highest BCUT2D eigenvalue weighted by Gasteiger charge is 2.06. The topological polar surface area (TPSA) is 85.7 Å². The Bertz CT molecular complexity index is 557. The summed E-state index contributed by atoms with van der Waals surface area (Å²) in [6.07, 6.45) is 1.17. The Kier molecular flexibility index (Phi) is 3.24. The summed E-state index contributed by atoms with van der Waals surface area (Å²) in [5.41, 5.74) is 0.244. The van der Waals surface area contributed by atoms with Gasteiger partial charge in [0.15, 0.2) is 0 Å². The van der Waals surface area contributed by atoms with Crippen LogP contribution in [-0.4, -0.2) is 10.3 Å². The Labute approximate surface area is 96.4 Å². The van der Waals surface area contributed by atoms with Crippen LogP contribution in [0.4, 0.5) is 0 Å². The van der Waals surface area contributed by atoms with E-state index in [0.29, 0.717) is 11.5 Å². The summed E-state index contributed by atoms with van der Waals surface area (Å²) < 4.78 is 15.0. The molecule has 2 aromatic rings. The first-order valence-electron chi connectivity index (χ1n) is 4.96. The second kappa shape index (κ2) is 4.84. The monoisotopic (exact) mass is 237 g/mol. The van der Waals surface area contributed by atoms with E-state index < -0.39 is 0 Å². The van der Waals surface area contributed by atoms with Crippen molar-refractivity contribution < 1.29 is 18.8 Å². The van der Waals surface area contributed by atoms with Gasteiger partial charge in [-0.05, 0) is 6.92 Å². The van der Waals surface area contributed by atoms with Crippen LogP contribution in [0, 0.1) is 6.92 Å². The van der Waals surface area contributed by atoms with Gasteiger partial charge in [0, 0.05) is 12.1 Å². The fourth-order valence-corrected chi connectivity index (χ4v) is 1.26. The number of aryl methyl sites for hydroxylation is 1. The minimum Gasteiger partial charge on any atom is -0.480 e. The minimum absolute atomic E-state index is 0.0721. The molecule has 0 spiro atoms. The smallest absolute Gasteiger partial charge is 0.227 e. The highest BCUT2D eigenvalue weighted by molar-refractivity contribution is 5.17. The quantitative estimate of drug-likeness (QED) is 0.853. The summed E-state index contributed by atoms with van der Waals surface area (Å²) in [6, 6.07) is 2.90. The number of nitrogens with zero attached hydrogens (tertiary/aromatic N) is 1. The first-order valence-corrected chi connectivity index (χ1v) is 4.96. The minimum atomic E-state index is -0.347. The van der Waals surface area contributed by atoms with Gasteiger partial charge in [0.05, 0.1) is 0 Å². The molecule has 0 unspecified atom stereocenters. The Morgan fingerprint density at radius 3 is 2.88 bits per heavy atom. The van der Waals surface area contributed by atoms with Crippen molar-refractivity contribution in [2.24, 2.45) is 0 Å². The standard InChI is InChI=1S/C11H11NO5/c1-7-2-8(12-17-7)5-16-11-6-15-9(4-13)3-10(11)14/h2-3,6,13H,4-5H2,1H3. The summed E-state index contributed by atoms with van der Waals surface area (Å²) >= 11 is 0. The van der Waals surface area contributed by atoms with Gasteiger partial charge < -0.3 is 18.8 Å². The molecule has 17 heavy (non-hydrogen) atoms. The van der Waals surface area contributed by atoms with Crippen molar-refractivity contribution in [1.29, 1.82) is 0 Å². The predicted molar refractivity (Wildman–Crippen MR) is 56.5 cm³/mol. The molecule has 6 nitrogen and oxygen atoms in total. The Morgan fingerprint density at radius 2 is 2.29 bits per heavy atom. The van der Waals surface area contributed by atoms with Crippen LogP contribution in [0.15, 0.2) is 32.1 Å². The Balaban J connectivity index is 2.06. The maximum absolute atomic E-state index is 11.5. The van der Waals surface area contributed by atoms with Gasteiger partial charge in [-0.3, -0.25) is 4.79 Å². The van der Waals surface area contributed by atoms with E-state index in [1.807, 2.05) is 0 Å². The van der Waals surface area contributed by atoms with E-state index in [1.54, 1.807) is 13.0 Å². The molecule has 0 radical (unpaired) electrons. The number of aromatic nitrogens is 1. The second-order valence-electron chi connectivity index (χ2n) is 3.45. The van der Waals surface area contributed by atoms with Crippen LogP contribution in [-0.2, 0) is 13.2 Å². The molecule has 0 aliphatic carbocycles. The van der Waals surface area contributed by atoms with E-state index in [9.17, 15) is 4.79 Å². The van der Waals surface area contributed by atoms with Gasteiger partial charge in [-0.2, -0.15) is 0 Å². The first kappa shape index (κ1) is 11.4. The van der Waals surface area contributed by atoms with E-state index in [-0.39, 0.29) is 30.2 Å². The summed E-state index contributed by atoms with van der Waals surface area (Å²) in [6.45, 7) is 1.57. The lowest BCUT2D eigenvalue weighted by atomic mass is 10.4. The second-order valence-corrected chi connectivity index (χ2v) is 3.45. The van der Waals surface area contributed by atoms with Crippen molar-refractivity contribution in [2.45, 2.75) is 20.1 Å². The molecule has 0 saturated carbocycles. The van der Waals surface area contributed by atoms with E-state index in [1.165, 1.54) is 12.3 Å². The van der Waals surface area contributed by atoms with Crippen LogP contribution < -0.4 is 10.2 Å². The van der Waals surface area contributed by atoms with E-state index >= 15 is 0 Å². The molecule has 0 aliphatic heterocycles. The molecule has 0 fully saturated rings. The van der Waals surface area contributed by atoms with Crippen LogP contribution in [0.2, 0.25) is 0 Å². The van der Waals surface area contributed by atoms with Crippen molar-refractivity contribution in [3.8, 4) is 5.75 Å². The van der Waals surface area contributed by atoms with Gasteiger partial charge in [0.2, 0.25) is 11.2 Å². The number of aliphatic hydroxyl groups is 1. The fourth-order valence-electron chi connectivity index (χ4n) is 1.26. The zero-order valence-electron chi connectivity index (χ0n) is 9.17. The Hall–Kier alpha value is -2.08. The number of ether oxygens (including phenoxy) is 1. The third kappa shape index (κ3) is 2.73. The van der Waals surface area contributed by atoms with Gasteiger partial charge in [-0.25, -0.2) is 0 Å². The summed E-state index contributed by atoms with van der Waals surface area (Å²) in [4.78, 5) is 11.5. The van der Waals surface area contributed by atoms with E-state index in [0.717, 1.165) is 0 Å². The largest absolute Gasteiger partial charge is 0.480 e. The summed E-state index contributed by atoms with van der Waals surface area (Å²) in [5, 5.41) is 12.5. The fraction of sp³-hybridized carbons (Fsp3) is 0.273. The first-order chi connectivity index (χ1) is 8.19. The molecule has 0 aliphatic rings. The molecule has 90 valence electrons. The number of hydrogen-bond acceptors (Lipinski definition) is 6. The van der Waals surface area contributed by atoms with Gasteiger partial charge >= 0.3 is 0 Å². The molecule has 0 amide bonds. The number of aliphatic hydroxyl groups excluding tert-OH is 1. The maximum atomic E-state index is 11.5. The van der Waals surface area contributed by atoms with Crippen molar-refractivity contribution in [3.05, 3.63) is 45.8 Å². The number of rotatable bonds is 4. The van der Waals surface area contributed by atoms with Gasteiger partial charge in [0.1, 0.15) is 36.7 Å². The van der Waals surface area contributed by atoms with Crippen molar-refractivity contribution in [3.63, 3.8) is 0 Å². The summed E-state index contributed by atoms with van der Waals surface area (Å²) in [5.74, 6) is 0.939. The Morgan fingerprint density at radius 1 is 1.47 bits per heavy atom. The van der Waals surface area contributed by atoms with Crippen LogP contribution >= 0.6 is 0 Å². The molecule has 0 bridgehead atoms. The van der Waals surface area contributed by atoms with Crippen LogP contribution in [0.5, 0.6) is 5.75 Å². The summed E-state index contributed by atoms with van der Waals surface area (Å²) in [7, 11) is 0. The van der Waals surface area contributed by atoms with Gasteiger partial charge in [-0.15, -0.1) is 0 Å². The molecule has 1 N–H and O–H groups in total. The predicted octanol–water partition coefficient (Wildman–Crippen LogP) is 1.01. The average molecular weight is 237 g/mol. The highest BCUT2D eigenvalue weighted by atomic mass is 16.5. The van der Waals surface area contributed by atoms with Crippen LogP contribution in [0.25, 0.3) is 0 Å².